The van der Waals surface area contributed by atoms with Crippen molar-refractivity contribution in [3.8, 4) is 0 Å². The molecule has 0 aliphatic rings. The number of nitrogens with one attached hydrogen (secondary N) is 2. The Kier molecular flexibility index (Phi) is 6.31. The number of benzene rings is 1. The third kappa shape index (κ3) is 4.53. The second-order valence-corrected chi connectivity index (χ2v) is 4.73. The van der Waals surface area contributed by atoms with Crippen molar-refractivity contribution in [2.45, 2.75) is 11.3 Å². The van der Waals surface area contributed by atoms with Gasteiger partial charge in [-0.05, 0) is 38.4 Å². The molecule has 1 amide bonds. The van der Waals surface area contributed by atoms with Crippen molar-refractivity contribution in [2.75, 3.05) is 26.4 Å². The van der Waals surface area contributed by atoms with Crippen molar-refractivity contribution >= 4 is 23.4 Å². The normalized spacial score (nSPS) is 10.2. The fraction of sp³-hybridized carbons (Fsp3) is 0.417. The summed E-state index contributed by atoms with van der Waals surface area (Å²) in [6, 6.07) is 4.56. The van der Waals surface area contributed by atoms with Crippen LogP contribution in [0.3, 0.4) is 0 Å². The van der Waals surface area contributed by atoms with Gasteiger partial charge in [0.25, 0.3) is 11.6 Å². The standard InChI is InChI=1S/C12H17N3O3S/c1-13-6-3-7-14-12(16)10-8-9(19-2)4-5-11(10)15(17)18/h4-5,8,13H,3,6-7H2,1-2H3,(H,14,16). The van der Waals surface area contributed by atoms with Crippen LogP contribution in [-0.4, -0.2) is 37.2 Å². The molecular formula is C12H17N3O3S. The highest BCUT2D eigenvalue weighted by Crippen LogP contribution is 2.24. The van der Waals surface area contributed by atoms with E-state index in [0.29, 0.717) is 6.54 Å². The SMILES string of the molecule is CNCCCNC(=O)c1cc(SC)ccc1[N+](=O)[O-]. The average Bonchev–Trinajstić information content (AvgIpc) is 2.42. The summed E-state index contributed by atoms with van der Waals surface area (Å²) >= 11 is 1.44. The van der Waals surface area contributed by atoms with Gasteiger partial charge in [0.15, 0.2) is 0 Å². The summed E-state index contributed by atoms with van der Waals surface area (Å²) in [7, 11) is 1.83. The van der Waals surface area contributed by atoms with Gasteiger partial charge in [0.2, 0.25) is 0 Å². The van der Waals surface area contributed by atoms with Crippen LogP contribution in [-0.2, 0) is 0 Å². The summed E-state index contributed by atoms with van der Waals surface area (Å²) in [6.45, 7) is 1.27. The number of thioether (sulfide) groups is 1. The highest BCUT2D eigenvalue weighted by Gasteiger charge is 2.20. The first-order valence-electron chi connectivity index (χ1n) is 5.85. The van der Waals surface area contributed by atoms with Crippen LogP contribution >= 0.6 is 11.8 Å². The fourth-order valence-electron chi connectivity index (χ4n) is 1.55. The third-order valence-electron chi connectivity index (χ3n) is 2.53. The third-order valence-corrected chi connectivity index (χ3v) is 3.26. The lowest BCUT2D eigenvalue weighted by molar-refractivity contribution is -0.385. The van der Waals surface area contributed by atoms with E-state index >= 15 is 0 Å². The van der Waals surface area contributed by atoms with Gasteiger partial charge in [0, 0.05) is 17.5 Å². The largest absolute Gasteiger partial charge is 0.352 e. The van der Waals surface area contributed by atoms with E-state index in [1.165, 1.54) is 17.8 Å². The van der Waals surface area contributed by atoms with Crippen molar-refractivity contribution < 1.29 is 9.72 Å². The predicted molar refractivity (Wildman–Crippen MR) is 75.8 cm³/mol. The maximum Gasteiger partial charge on any atom is 0.282 e. The Labute approximate surface area is 116 Å². The van der Waals surface area contributed by atoms with Gasteiger partial charge < -0.3 is 10.6 Å². The van der Waals surface area contributed by atoms with Gasteiger partial charge in [-0.2, -0.15) is 0 Å². The number of hydrogen-bond donors (Lipinski definition) is 2. The van der Waals surface area contributed by atoms with Crippen molar-refractivity contribution in [3.05, 3.63) is 33.9 Å². The van der Waals surface area contributed by atoms with E-state index in [0.717, 1.165) is 17.9 Å². The van der Waals surface area contributed by atoms with Crippen LogP contribution < -0.4 is 10.6 Å². The fourth-order valence-corrected chi connectivity index (χ4v) is 1.99. The zero-order valence-corrected chi connectivity index (χ0v) is 11.8. The maximum absolute atomic E-state index is 12.0. The molecule has 0 bridgehead atoms. The Hall–Kier alpha value is -1.60. The quantitative estimate of drug-likeness (QED) is 0.344. The van der Waals surface area contributed by atoms with Gasteiger partial charge in [-0.1, -0.05) is 0 Å². The highest BCUT2D eigenvalue weighted by molar-refractivity contribution is 7.98. The van der Waals surface area contributed by atoms with Gasteiger partial charge in [0.1, 0.15) is 5.56 Å². The van der Waals surface area contributed by atoms with E-state index in [1.807, 2.05) is 13.3 Å². The maximum atomic E-state index is 12.0. The number of rotatable bonds is 7. The van der Waals surface area contributed by atoms with E-state index in [2.05, 4.69) is 10.6 Å². The molecule has 0 saturated carbocycles. The predicted octanol–water partition coefficient (Wildman–Crippen LogP) is 1.66. The molecule has 0 unspecified atom stereocenters. The molecule has 1 aromatic rings. The summed E-state index contributed by atoms with van der Waals surface area (Å²) < 4.78 is 0. The minimum absolute atomic E-state index is 0.112. The van der Waals surface area contributed by atoms with Gasteiger partial charge >= 0.3 is 0 Å². The molecular weight excluding hydrogens is 266 g/mol. The summed E-state index contributed by atoms with van der Waals surface area (Å²) in [5, 5.41) is 16.6. The van der Waals surface area contributed by atoms with Crippen LogP contribution in [0.5, 0.6) is 0 Å². The van der Waals surface area contributed by atoms with Gasteiger partial charge in [-0.3, -0.25) is 14.9 Å². The molecule has 1 rings (SSSR count). The van der Waals surface area contributed by atoms with Crippen LogP contribution in [0.4, 0.5) is 5.69 Å². The molecule has 0 fully saturated rings. The average molecular weight is 283 g/mol. The Morgan fingerprint density at radius 1 is 1.42 bits per heavy atom. The van der Waals surface area contributed by atoms with Gasteiger partial charge in [0.05, 0.1) is 4.92 Å². The molecule has 0 radical (unpaired) electrons. The zero-order chi connectivity index (χ0) is 14.3. The van der Waals surface area contributed by atoms with Gasteiger partial charge in [-0.25, -0.2) is 0 Å². The monoisotopic (exact) mass is 283 g/mol. The lowest BCUT2D eigenvalue weighted by Gasteiger charge is -2.07. The number of nitro benzene ring substituents is 1. The topological polar surface area (TPSA) is 84.3 Å². The summed E-state index contributed by atoms with van der Waals surface area (Å²) in [5.41, 5.74) is -0.0507. The number of hydrogen-bond acceptors (Lipinski definition) is 5. The molecule has 1 aromatic carbocycles. The molecule has 6 nitrogen and oxygen atoms in total. The highest BCUT2D eigenvalue weighted by atomic mass is 32.2. The molecule has 19 heavy (non-hydrogen) atoms. The lowest BCUT2D eigenvalue weighted by Crippen LogP contribution is -2.27. The van der Waals surface area contributed by atoms with Crippen LogP contribution in [0.1, 0.15) is 16.8 Å². The first-order chi connectivity index (χ1) is 9.10. The van der Waals surface area contributed by atoms with Crippen molar-refractivity contribution in [1.29, 1.82) is 0 Å². The van der Waals surface area contributed by atoms with Crippen molar-refractivity contribution in [2.24, 2.45) is 0 Å². The molecule has 0 atom stereocenters. The van der Waals surface area contributed by atoms with E-state index in [1.54, 1.807) is 12.1 Å². The van der Waals surface area contributed by atoms with Crippen LogP contribution in [0, 0.1) is 10.1 Å². The second-order valence-electron chi connectivity index (χ2n) is 3.85. The van der Waals surface area contributed by atoms with Crippen LogP contribution in [0.25, 0.3) is 0 Å². The Morgan fingerprint density at radius 2 is 2.16 bits per heavy atom. The van der Waals surface area contributed by atoms with Crippen LogP contribution in [0.2, 0.25) is 0 Å². The molecule has 0 aromatic heterocycles. The summed E-state index contributed by atoms with van der Waals surface area (Å²) in [4.78, 5) is 23.2. The molecule has 2 N–H and O–H groups in total. The Balaban J connectivity index is 2.83. The molecule has 0 aliphatic heterocycles. The summed E-state index contributed by atoms with van der Waals surface area (Å²) in [6.07, 6.45) is 2.63. The molecule has 0 saturated heterocycles. The second kappa shape index (κ2) is 7.75. The molecule has 0 heterocycles. The van der Waals surface area contributed by atoms with E-state index in [4.69, 9.17) is 0 Å². The molecule has 0 aliphatic carbocycles. The smallest absolute Gasteiger partial charge is 0.282 e. The number of nitro groups is 1. The number of carbonyl (C=O) groups is 1. The number of nitrogens with zero attached hydrogens (tertiary/aromatic N) is 1. The Bertz CT molecular complexity index is 466. The van der Waals surface area contributed by atoms with E-state index < -0.39 is 10.8 Å². The van der Waals surface area contributed by atoms with E-state index in [-0.39, 0.29) is 11.3 Å². The van der Waals surface area contributed by atoms with Crippen LogP contribution in [0.15, 0.2) is 23.1 Å². The molecule has 0 spiro atoms. The van der Waals surface area contributed by atoms with E-state index in [9.17, 15) is 14.9 Å². The number of amides is 1. The lowest BCUT2D eigenvalue weighted by atomic mass is 10.1. The first kappa shape index (κ1) is 15.5. The number of carbonyl (C=O) groups excluding carboxylic acids is 1. The zero-order valence-electron chi connectivity index (χ0n) is 10.9. The van der Waals surface area contributed by atoms with Crippen molar-refractivity contribution in [1.82, 2.24) is 10.6 Å². The molecule has 104 valence electrons. The molecule has 7 heteroatoms. The Morgan fingerprint density at radius 3 is 2.74 bits per heavy atom. The first-order valence-corrected chi connectivity index (χ1v) is 7.08. The minimum Gasteiger partial charge on any atom is -0.352 e. The minimum atomic E-state index is -0.535. The summed E-state index contributed by atoms with van der Waals surface area (Å²) in [5.74, 6) is -0.404. The van der Waals surface area contributed by atoms with Crippen molar-refractivity contribution in [3.63, 3.8) is 0 Å². The van der Waals surface area contributed by atoms with Gasteiger partial charge in [-0.15, -0.1) is 11.8 Å².